The first-order chi connectivity index (χ1) is 8.65. The van der Waals surface area contributed by atoms with Crippen LogP contribution in [0.3, 0.4) is 0 Å². The lowest BCUT2D eigenvalue weighted by atomic mass is 10.1. The molecular weight excluding hydrogens is 257 g/mol. The minimum atomic E-state index is -0.481. The van der Waals surface area contributed by atoms with Crippen molar-refractivity contribution in [2.24, 2.45) is 0 Å². The number of nitrogens with zero attached hydrogens (tertiary/aromatic N) is 3. The molecule has 2 aromatic heterocycles. The van der Waals surface area contributed by atoms with Crippen molar-refractivity contribution in [2.45, 2.75) is 0 Å². The minimum Gasteiger partial charge on any atom is -0.368 e. The number of fused-ring (bicyclic) bond motifs is 1. The van der Waals surface area contributed by atoms with E-state index in [0.717, 1.165) is 0 Å². The van der Waals surface area contributed by atoms with E-state index in [1.807, 2.05) is 0 Å². The largest absolute Gasteiger partial charge is 0.368 e. The van der Waals surface area contributed by atoms with Gasteiger partial charge in [0.2, 0.25) is 5.95 Å². The Morgan fingerprint density at radius 1 is 1.28 bits per heavy atom. The molecule has 0 amide bonds. The molecule has 0 aliphatic rings. The number of anilines is 1. The average Bonchev–Trinajstić information content (AvgIpc) is 2.79. The van der Waals surface area contributed by atoms with Gasteiger partial charge in [-0.25, -0.2) is 9.37 Å². The Hall–Kier alpha value is -2.21. The van der Waals surface area contributed by atoms with Crippen molar-refractivity contribution in [3.8, 4) is 11.3 Å². The topological polar surface area (TPSA) is 80.5 Å². The zero-order valence-electron chi connectivity index (χ0n) is 8.98. The summed E-state index contributed by atoms with van der Waals surface area (Å²) in [7, 11) is 0. The Kier molecular flexibility index (Phi) is 2.38. The van der Waals surface area contributed by atoms with Crippen molar-refractivity contribution < 1.29 is 4.39 Å². The van der Waals surface area contributed by atoms with Crippen LogP contribution in [0.4, 0.5) is 10.3 Å². The fraction of sp³-hybridized carbons (Fsp3) is 0. The molecule has 0 saturated carbocycles. The Bertz CT molecular complexity index is 739. The molecule has 0 atom stereocenters. The smallest absolute Gasteiger partial charge is 0.222 e. The van der Waals surface area contributed by atoms with Crippen molar-refractivity contribution in [1.29, 1.82) is 0 Å². The first-order valence-electron chi connectivity index (χ1n) is 5.07. The number of nitrogens with two attached hydrogens (primary N) is 1. The van der Waals surface area contributed by atoms with Crippen LogP contribution in [0.5, 0.6) is 0 Å². The number of nitrogens with one attached hydrogen (secondary N) is 1. The maximum atomic E-state index is 13.1. The number of aromatic nitrogens is 4. The average molecular weight is 264 g/mol. The number of hydrogen-bond donors (Lipinski definition) is 2. The van der Waals surface area contributed by atoms with E-state index >= 15 is 0 Å². The van der Waals surface area contributed by atoms with E-state index in [1.54, 1.807) is 12.3 Å². The minimum absolute atomic E-state index is 0.0290. The first kappa shape index (κ1) is 10.9. The summed E-state index contributed by atoms with van der Waals surface area (Å²) in [6, 6.07) is 4.35. The molecule has 1 aromatic carbocycles. The molecule has 18 heavy (non-hydrogen) atoms. The molecule has 3 N–H and O–H groups in total. The van der Waals surface area contributed by atoms with E-state index in [-0.39, 0.29) is 11.0 Å². The van der Waals surface area contributed by atoms with E-state index < -0.39 is 5.82 Å². The zero-order chi connectivity index (χ0) is 12.7. The summed E-state index contributed by atoms with van der Waals surface area (Å²) in [6.07, 6.45) is 1.58. The molecule has 0 saturated heterocycles. The summed E-state index contributed by atoms with van der Waals surface area (Å²) in [5.74, 6) is -0.368. The van der Waals surface area contributed by atoms with Crippen molar-refractivity contribution in [2.75, 3.05) is 5.73 Å². The van der Waals surface area contributed by atoms with Gasteiger partial charge in [0.1, 0.15) is 5.82 Å². The highest BCUT2D eigenvalue weighted by atomic mass is 35.5. The molecule has 0 aliphatic heterocycles. The van der Waals surface area contributed by atoms with Gasteiger partial charge in [0.25, 0.3) is 0 Å². The molecule has 3 aromatic rings. The van der Waals surface area contributed by atoms with Gasteiger partial charge in [0.05, 0.1) is 22.3 Å². The second-order valence-corrected chi connectivity index (χ2v) is 4.10. The monoisotopic (exact) mass is 263 g/mol. The number of benzene rings is 1. The number of halogens is 2. The molecule has 0 radical (unpaired) electrons. The van der Waals surface area contributed by atoms with Gasteiger partial charge in [0, 0.05) is 5.56 Å². The Balaban J connectivity index is 2.30. The Labute approximate surface area is 106 Å². The second-order valence-electron chi connectivity index (χ2n) is 3.69. The molecule has 3 rings (SSSR count). The lowest BCUT2D eigenvalue weighted by Gasteiger charge is -2.04. The highest BCUT2D eigenvalue weighted by Crippen LogP contribution is 2.28. The molecule has 0 unspecified atom stereocenters. The quantitative estimate of drug-likeness (QED) is 0.706. The summed E-state index contributed by atoms with van der Waals surface area (Å²) < 4.78 is 13.1. The lowest BCUT2D eigenvalue weighted by molar-refractivity contribution is 0.628. The maximum Gasteiger partial charge on any atom is 0.222 e. The standard InChI is InChI=1S/C11H7ClFN5/c12-7-3-5(1-2-8(7)13)9-6-4-15-18-10(6)17-11(14)16-9/h1-4H,(H3,14,15,16,17,18). The van der Waals surface area contributed by atoms with Crippen LogP contribution in [0.2, 0.25) is 5.02 Å². The summed E-state index contributed by atoms with van der Waals surface area (Å²) >= 11 is 5.76. The number of nitrogen functional groups attached to an aromatic ring is 1. The summed E-state index contributed by atoms with van der Waals surface area (Å²) in [5.41, 5.74) is 7.36. The van der Waals surface area contributed by atoms with Crippen molar-refractivity contribution in [3.05, 3.63) is 35.2 Å². The van der Waals surface area contributed by atoms with Crippen molar-refractivity contribution in [3.63, 3.8) is 0 Å². The highest BCUT2D eigenvalue weighted by molar-refractivity contribution is 6.31. The number of rotatable bonds is 1. The molecule has 2 heterocycles. The van der Waals surface area contributed by atoms with Crippen LogP contribution in [-0.2, 0) is 0 Å². The van der Waals surface area contributed by atoms with E-state index in [0.29, 0.717) is 22.3 Å². The zero-order valence-corrected chi connectivity index (χ0v) is 9.74. The number of aromatic amines is 1. The van der Waals surface area contributed by atoms with Crippen LogP contribution in [0.15, 0.2) is 24.4 Å². The van der Waals surface area contributed by atoms with Crippen LogP contribution >= 0.6 is 11.6 Å². The SMILES string of the molecule is Nc1nc(-c2ccc(F)c(Cl)c2)c2cn[nH]c2n1. The molecular formula is C11H7ClFN5. The van der Waals surface area contributed by atoms with Crippen LogP contribution in [0.25, 0.3) is 22.3 Å². The van der Waals surface area contributed by atoms with Gasteiger partial charge in [0.15, 0.2) is 5.65 Å². The van der Waals surface area contributed by atoms with Gasteiger partial charge in [-0.3, -0.25) is 5.10 Å². The molecule has 5 nitrogen and oxygen atoms in total. The highest BCUT2D eigenvalue weighted by Gasteiger charge is 2.11. The molecule has 0 fully saturated rings. The van der Waals surface area contributed by atoms with Gasteiger partial charge in [-0.1, -0.05) is 11.6 Å². The van der Waals surface area contributed by atoms with Crippen LogP contribution in [0.1, 0.15) is 0 Å². The number of H-pyrrole nitrogens is 1. The second kappa shape index (κ2) is 3.92. The molecule has 90 valence electrons. The van der Waals surface area contributed by atoms with Gasteiger partial charge in [-0.15, -0.1) is 0 Å². The molecule has 0 aliphatic carbocycles. The predicted octanol–water partition coefficient (Wildman–Crippen LogP) is 2.39. The van der Waals surface area contributed by atoms with E-state index in [4.69, 9.17) is 17.3 Å². The molecule has 0 bridgehead atoms. The Morgan fingerprint density at radius 2 is 2.11 bits per heavy atom. The van der Waals surface area contributed by atoms with E-state index in [2.05, 4.69) is 20.2 Å². The third-order valence-corrected chi connectivity index (χ3v) is 2.81. The lowest BCUT2D eigenvalue weighted by Crippen LogP contribution is -1.97. The van der Waals surface area contributed by atoms with Crippen molar-refractivity contribution in [1.82, 2.24) is 20.2 Å². The van der Waals surface area contributed by atoms with E-state index in [1.165, 1.54) is 12.1 Å². The maximum absolute atomic E-state index is 13.1. The fourth-order valence-corrected chi connectivity index (χ4v) is 1.90. The fourth-order valence-electron chi connectivity index (χ4n) is 1.72. The van der Waals surface area contributed by atoms with Crippen molar-refractivity contribution >= 4 is 28.6 Å². The van der Waals surface area contributed by atoms with Crippen LogP contribution in [0, 0.1) is 5.82 Å². The van der Waals surface area contributed by atoms with Gasteiger partial charge in [-0.05, 0) is 18.2 Å². The first-order valence-corrected chi connectivity index (χ1v) is 5.45. The third kappa shape index (κ3) is 1.67. The summed E-state index contributed by atoms with van der Waals surface area (Å²) in [6.45, 7) is 0. The van der Waals surface area contributed by atoms with Gasteiger partial charge in [-0.2, -0.15) is 10.1 Å². The Morgan fingerprint density at radius 3 is 2.89 bits per heavy atom. The van der Waals surface area contributed by atoms with Crippen LogP contribution < -0.4 is 5.73 Å². The van der Waals surface area contributed by atoms with E-state index in [9.17, 15) is 4.39 Å². The summed E-state index contributed by atoms with van der Waals surface area (Å²) in [5, 5.41) is 7.32. The normalized spacial score (nSPS) is 11.0. The van der Waals surface area contributed by atoms with Gasteiger partial charge >= 0.3 is 0 Å². The van der Waals surface area contributed by atoms with Gasteiger partial charge < -0.3 is 5.73 Å². The number of hydrogen-bond acceptors (Lipinski definition) is 4. The third-order valence-electron chi connectivity index (χ3n) is 2.52. The van der Waals surface area contributed by atoms with Crippen LogP contribution in [-0.4, -0.2) is 20.2 Å². The molecule has 0 spiro atoms. The summed E-state index contributed by atoms with van der Waals surface area (Å²) in [4.78, 5) is 8.14. The molecule has 7 heteroatoms. The predicted molar refractivity (Wildman–Crippen MR) is 66.5 cm³/mol.